The van der Waals surface area contributed by atoms with Crippen LogP contribution < -0.4 is 11.1 Å². The summed E-state index contributed by atoms with van der Waals surface area (Å²) in [5, 5.41) is 3.15. The summed E-state index contributed by atoms with van der Waals surface area (Å²) in [6.45, 7) is 4.93. The van der Waals surface area contributed by atoms with Gasteiger partial charge in [0.15, 0.2) is 5.96 Å². The lowest BCUT2D eigenvalue weighted by atomic mass is 10.0. The van der Waals surface area contributed by atoms with E-state index in [1.54, 1.807) is 11.8 Å². The van der Waals surface area contributed by atoms with Crippen LogP contribution in [0.25, 0.3) is 0 Å². The molecule has 4 heteroatoms. The summed E-state index contributed by atoms with van der Waals surface area (Å²) in [6.07, 6.45) is 2.07. The number of nitrogens with one attached hydrogen (secondary N) is 1. The Morgan fingerprint density at radius 1 is 1.18 bits per heavy atom. The predicted octanol–water partition coefficient (Wildman–Crippen LogP) is 4.46. The van der Waals surface area contributed by atoms with E-state index in [1.165, 1.54) is 10.5 Å². The molecule has 0 bridgehead atoms. The molecule has 0 aromatic heterocycles. The van der Waals surface area contributed by atoms with Gasteiger partial charge in [0, 0.05) is 10.6 Å². The number of aliphatic imine (C=N–C) groups is 1. The second-order valence-corrected chi connectivity index (χ2v) is 6.33. The molecule has 0 unspecified atom stereocenters. The van der Waals surface area contributed by atoms with Crippen LogP contribution in [0.4, 0.5) is 5.69 Å². The molecule has 0 saturated heterocycles. The lowest BCUT2D eigenvalue weighted by molar-refractivity contribution is 0.867. The van der Waals surface area contributed by atoms with E-state index in [4.69, 9.17) is 5.73 Å². The number of hydrogen-bond acceptors (Lipinski definition) is 2. The van der Waals surface area contributed by atoms with Crippen molar-refractivity contribution in [2.24, 2.45) is 10.7 Å². The molecule has 2 aromatic rings. The first kappa shape index (κ1) is 16.4. The average molecular weight is 313 g/mol. The van der Waals surface area contributed by atoms with Gasteiger partial charge in [-0.2, -0.15) is 0 Å². The van der Waals surface area contributed by atoms with E-state index in [9.17, 15) is 0 Å². The Kier molecular flexibility index (Phi) is 5.90. The Labute approximate surface area is 137 Å². The first-order valence-corrected chi connectivity index (χ1v) is 8.61. The van der Waals surface area contributed by atoms with Gasteiger partial charge >= 0.3 is 0 Å². The van der Waals surface area contributed by atoms with Gasteiger partial charge in [0.25, 0.3) is 0 Å². The van der Waals surface area contributed by atoms with Crippen molar-refractivity contribution < 1.29 is 0 Å². The Bertz CT molecular complexity index is 633. The largest absolute Gasteiger partial charge is 0.370 e. The molecule has 22 heavy (non-hydrogen) atoms. The van der Waals surface area contributed by atoms with E-state index in [0.717, 1.165) is 11.3 Å². The highest BCUT2D eigenvalue weighted by atomic mass is 32.2. The van der Waals surface area contributed by atoms with Gasteiger partial charge in [-0.1, -0.05) is 38.1 Å². The van der Waals surface area contributed by atoms with Gasteiger partial charge in [-0.25, -0.2) is 4.99 Å². The Balaban J connectivity index is 1.98. The SMILES string of the molecule is CSc1ccc(CN=C(N)Nc2cccc(C(C)C)c2)cc1. The van der Waals surface area contributed by atoms with Crippen molar-refractivity contribution in [1.82, 2.24) is 0 Å². The number of nitrogens with zero attached hydrogens (tertiary/aromatic N) is 1. The maximum absolute atomic E-state index is 5.97. The molecule has 0 aliphatic carbocycles. The van der Waals surface area contributed by atoms with Crippen LogP contribution in [0.2, 0.25) is 0 Å². The maximum atomic E-state index is 5.97. The first-order chi connectivity index (χ1) is 10.6. The van der Waals surface area contributed by atoms with Gasteiger partial charge in [-0.15, -0.1) is 11.8 Å². The number of benzene rings is 2. The molecule has 0 atom stereocenters. The van der Waals surface area contributed by atoms with Gasteiger partial charge < -0.3 is 11.1 Å². The molecular formula is C18H23N3S. The lowest BCUT2D eigenvalue weighted by Crippen LogP contribution is -2.22. The zero-order valence-corrected chi connectivity index (χ0v) is 14.2. The minimum atomic E-state index is 0.440. The minimum absolute atomic E-state index is 0.440. The van der Waals surface area contributed by atoms with E-state index < -0.39 is 0 Å². The van der Waals surface area contributed by atoms with Gasteiger partial charge in [-0.05, 0) is 47.6 Å². The molecule has 0 saturated carbocycles. The lowest BCUT2D eigenvalue weighted by Gasteiger charge is -2.10. The summed E-state index contributed by atoms with van der Waals surface area (Å²) in [6, 6.07) is 16.6. The minimum Gasteiger partial charge on any atom is -0.370 e. The molecule has 0 aliphatic heterocycles. The van der Waals surface area contributed by atoms with Crippen LogP contribution in [0.5, 0.6) is 0 Å². The van der Waals surface area contributed by atoms with Crippen molar-refractivity contribution in [2.75, 3.05) is 11.6 Å². The van der Waals surface area contributed by atoms with Crippen LogP contribution in [0.1, 0.15) is 30.9 Å². The smallest absolute Gasteiger partial charge is 0.193 e. The van der Waals surface area contributed by atoms with Gasteiger partial charge in [0.05, 0.1) is 6.54 Å². The van der Waals surface area contributed by atoms with Crippen LogP contribution in [0, 0.1) is 0 Å². The highest BCUT2D eigenvalue weighted by Crippen LogP contribution is 2.18. The molecule has 3 nitrogen and oxygen atoms in total. The number of thioether (sulfide) groups is 1. The number of guanidine groups is 1. The summed E-state index contributed by atoms with van der Waals surface area (Å²) >= 11 is 1.73. The quantitative estimate of drug-likeness (QED) is 0.487. The number of nitrogens with two attached hydrogens (primary N) is 1. The topological polar surface area (TPSA) is 50.4 Å². The van der Waals surface area contributed by atoms with Crippen molar-refractivity contribution in [3.63, 3.8) is 0 Å². The van der Waals surface area contributed by atoms with Crippen molar-refractivity contribution in [3.8, 4) is 0 Å². The number of rotatable bonds is 5. The third kappa shape index (κ3) is 4.81. The van der Waals surface area contributed by atoms with Crippen LogP contribution >= 0.6 is 11.8 Å². The van der Waals surface area contributed by atoms with E-state index in [0.29, 0.717) is 18.4 Å². The van der Waals surface area contributed by atoms with Gasteiger partial charge in [-0.3, -0.25) is 0 Å². The normalized spacial score (nSPS) is 11.7. The van der Waals surface area contributed by atoms with Crippen LogP contribution in [0.3, 0.4) is 0 Å². The number of hydrogen-bond donors (Lipinski definition) is 2. The van der Waals surface area contributed by atoms with Crippen molar-refractivity contribution in [1.29, 1.82) is 0 Å². The fourth-order valence-corrected chi connectivity index (χ4v) is 2.48. The molecule has 2 aromatic carbocycles. The maximum Gasteiger partial charge on any atom is 0.193 e. The highest BCUT2D eigenvalue weighted by molar-refractivity contribution is 7.98. The molecule has 0 aliphatic rings. The third-order valence-corrected chi connectivity index (χ3v) is 4.16. The average Bonchev–Trinajstić information content (AvgIpc) is 2.53. The fraction of sp³-hybridized carbons (Fsp3) is 0.278. The Morgan fingerprint density at radius 3 is 2.55 bits per heavy atom. The molecule has 116 valence electrons. The molecule has 3 N–H and O–H groups in total. The molecule has 0 amide bonds. The van der Waals surface area contributed by atoms with Crippen molar-refractivity contribution in [2.45, 2.75) is 31.2 Å². The van der Waals surface area contributed by atoms with Gasteiger partial charge in [0.1, 0.15) is 0 Å². The standard InChI is InChI=1S/C18H23N3S/c1-13(2)15-5-4-6-16(11-15)21-18(19)20-12-14-7-9-17(22-3)10-8-14/h4-11,13H,12H2,1-3H3,(H3,19,20,21). The summed E-state index contributed by atoms with van der Waals surface area (Å²) in [5.41, 5.74) is 9.38. The fourth-order valence-electron chi connectivity index (χ4n) is 2.07. The predicted molar refractivity (Wildman–Crippen MR) is 97.7 cm³/mol. The molecule has 0 heterocycles. The van der Waals surface area contributed by atoms with E-state index in [2.05, 4.69) is 66.8 Å². The van der Waals surface area contributed by atoms with Crippen LogP contribution in [0.15, 0.2) is 58.4 Å². The van der Waals surface area contributed by atoms with Crippen molar-refractivity contribution >= 4 is 23.4 Å². The first-order valence-electron chi connectivity index (χ1n) is 7.38. The monoisotopic (exact) mass is 313 g/mol. The van der Waals surface area contributed by atoms with E-state index in [1.807, 2.05) is 12.1 Å². The van der Waals surface area contributed by atoms with Gasteiger partial charge in [0.2, 0.25) is 0 Å². The summed E-state index contributed by atoms with van der Waals surface area (Å²) in [5.74, 6) is 0.935. The van der Waals surface area contributed by atoms with E-state index >= 15 is 0 Å². The highest BCUT2D eigenvalue weighted by Gasteiger charge is 2.01. The van der Waals surface area contributed by atoms with Crippen molar-refractivity contribution in [3.05, 3.63) is 59.7 Å². The summed E-state index contributed by atoms with van der Waals surface area (Å²) < 4.78 is 0. The third-order valence-electron chi connectivity index (χ3n) is 3.42. The molecule has 0 radical (unpaired) electrons. The summed E-state index contributed by atoms with van der Waals surface area (Å²) in [7, 11) is 0. The molecule has 2 rings (SSSR count). The van der Waals surface area contributed by atoms with E-state index in [-0.39, 0.29) is 0 Å². The summed E-state index contributed by atoms with van der Waals surface area (Å²) in [4.78, 5) is 5.65. The Morgan fingerprint density at radius 2 is 1.91 bits per heavy atom. The second-order valence-electron chi connectivity index (χ2n) is 5.45. The van der Waals surface area contributed by atoms with Crippen LogP contribution in [-0.2, 0) is 6.54 Å². The zero-order chi connectivity index (χ0) is 15.9. The zero-order valence-electron chi connectivity index (χ0n) is 13.3. The molecular weight excluding hydrogens is 290 g/mol. The Hall–Kier alpha value is -1.94. The van der Waals surface area contributed by atoms with Crippen LogP contribution in [-0.4, -0.2) is 12.2 Å². The molecule has 0 fully saturated rings. The second kappa shape index (κ2) is 7.90. The number of anilines is 1. The molecule has 0 spiro atoms.